The van der Waals surface area contributed by atoms with Crippen molar-refractivity contribution in [2.24, 2.45) is 5.92 Å². The molecule has 1 aromatic heterocycles. The molecule has 0 unspecified atom stereocenters. The molecule has 33 heavy (non-hydrogen) atoms. The van der Waals surface area contributed by atoms with E-state index >= 15 is 0 Å². The van der Waals surface area contributed by atoms with Gasteiger partial charge in [-0.05, 0) is 81.2 Å². The van der Waals surface area contributed by atoms with Gasteiger partial charge in [0.1, 0.15) is 5.75 Å². The molecule has 0 saturated carbocycles. The van der Waals surface area contributed by atoms with Crippen LogP contribution in [0.4, 0.5) is 0 Å². The molecule has 0 radical (unpaired) electrons. The Kier molecular flexibility index (Phi) is 7.75. The van der Waals surface area contributed by atoms with E-state index in [1.807, 2.05) is 19.1 Å². The normalized spacial score (nSPS) is 18.4. The highest BCUT2D eigenvalue weighted by molar-refractivity contribution is 7.89. The van der Waals surface area contributed by atoms with Gasteiger partial charge in [0.25, 0.3) is 15.9 Å². The highest BCUT2D eigenvalue weighted by Gasteiger charge is 2.31. The van der Waals surface area contributed by atoms with E-state index in [9.17, 15) is 13.2 Å². The molecule has 8 heteroatoms. The first-order valence-corrected chi connectivity index (χ1v) is 13.5. The average molecular weight is 475 g/mol. The van der Waals surface area contributed by atoms with Crippen molar-refractivity contribution in [3.8, 4) is 5.75 Å². The molecule has 2 fully saturated rings. The third-order valence-corrected chi connectivity index (χ3v) is 8.45. The number of rotatable bonds is 8. The van der Waals surface area contributed by atoms with Crippen LogP contribution in [0.25, 0.3) is 0 Å². The number of ether oxygens (including phenoxy) is 1. The Morgan fingerprint density at radius 3 is 2.36 bits per heavy atom. The number of hydrogen-bond acceptors (Lipinski definition) is 5. The Balaban J connectivity index is 1.27. The number of likely N-dealkylation sites (tertiary alicyclic amines) is 1. The van der Waals surface area contributed by atoms with Crippen molar-refractivity contribution < 1.29 is 22.4 Å². The summed E-state index contributed by atoms with van der Waals surface area (Å²) in [6, 6.07) is 11.2. The van der Waals surface area contributed by atoms with Gasteiger partial charge in [-0.15, -0.1) is 0 Å². The van der Waals surface area contributed by atoms with Gasteiger partial charge in [-0.2, -0.15) is 4.31 Å². The van der Waals surface area contributed by atoms with Gasteiger partial charge in [-0.1, -0.05) is 18.6 Å². The largest absolute Gasteiger partial charge is 0.494 e. The van der Waals surface area contributed by atoms with E-state index < -0.39 is 10.0 Å². The fraction of sp³-hybridized carbons (Fsp3) is 0.560. The second-order valence-electron chi connectivity index (χ2n) is 8.93. The highest BCUT2D eigenvalue weighted by atomic mass is 32.2. The van der Waals surface area contributed by atoms with Crippen molar-refractivity contribution in [3.63, 3.8) is 0 Å². The number of benzene rings is 1. The third kappa shape index (κ3) is 5.79. The lowest BCUT2D eigenvalue weighted by molar-refractivity contribution is 0.0649. The molecule has 1 amide bonds. The molecule has 180 valence electrons. The van der Waals surface area contributed by atoms with E-state index in [1.54, 1.807) is 4.90 Å². The van der Waals surface area contributed by atoms with Gasteiger partial charge in [0.05, 0.1) is 6.61 Å². The first-order chi connectivity index (χ1) is 16.0. The van der Waals surface area contributed by atoms with Gasteiger partial charge in [0.2, 0.25) is 5.09 Å². The maximum atomic E-state index is 12.9. The summed E-state index contributed by atoms with van der Waals surface area (Å²) >= 11 is 0. The molecule has 7 nitrogen and oxygen atoms in total. The topological polar surface area (TPSA) is 80.1 Å². The van der Waals surface area contributed by atoms with Crippen LogP contribution in [-0.4, -0.2) is 56.3 Å². The molecule has 0 atom stereocenters. The number of sulfonamides is 1. The van der Waals surface area contributed by atoms with E-state index in [0.717, 1.165) is 50.7 Å². The number of piperidine rings is 2. The van der Waals surface area contributed by atoms with Gasteiger partial charge in [0.15, 0.2) is 5.76 Å². The maximum Gasteiger partial charge on any atom is 0.289 e. The Labute approximate surface area is 196 Å². The minimum atomic E-state index is -3.67. The number of carbonyl (C=O) groups is 1. The Hall–Kier alpha value is -2.32. The third-order valence-electron chi connectivity index (χ3n) is 6.68. The molecule has 2 aliphatic heterocycles. The average Bonchev–Trinajstić information content (AvgIpc) is 3.36. The monoisotopic (exact) mass is 474 g/mol. The molecule has 2 aromatic rings. The molecular formula is C25H34N2O5S. The maximum absolute atomic E-state index is 12.9. The number of aryl methyl sites for hydroxylation is 1. The molecule has 2 aliphatic rings. The van der Waals surface area contributed by atoms with E-state index in [0.29, 0.717) is 38.7 Å². The molecule has 1 aromatic carbocycles. The van der Waals surface area contributed by atoms with Crippen LogP contribution in [0.15, 0.2) is 45.9 Å². The predicted molar refractivity (Wildman–Crippen MR) is 126 cm³/mol. The van der Waals surface area contributed by atoms with Crippen LogP contribution in [0, 0.1) is 5.92 Å². The summed E-state index contributed by atoms with van der Waals surface area (Å²) in [5.74, 6) is 1.36. The lowest BCUT2D eigenvalue weighted by Gasteiger charge is -2.31. The zero-order chi connectivity index (χ0) is 23.3. The lowest BCUT2D eigenvalue weighted by atomic mass is 9.90. The minimum absolute atomic E-state index is 0.110. The van der Waals surface area contributed by atoms with E-state index in [2.05, 4.69) is 12.1 Å². The predicted octanol–water partition coefficient (Wildman–Crippen LogP) is 4.34. The fourth-order valence-corrected chi connectivity index (χ4v) is 6.11. The smallest absolute Gasteiger partial charge is 0.289 e. The summed E-state index contributed by atoms with van der Waals surface area (Å²) in [4.78, 5) is 14.7. The number of hydrogen-bond donors (Lipinski definition) is 0. The lowest BCUT2D eigenvalue weighted by Crippen LogP contribution is -2.38. The van der Waals surface area contributed by atoms with Crippen LogP contribution in [0.1, 0.15) is 61.6 Å². The summed E-state index contributed by atoms with van der Waals surface area (Å²) in [5, 5.41) is -0.127. The fourth-order valence-electron chi connectivity index (χ4n) is 4.68. The zero-order valence-corrected chi connectivity index (χ0v) is 20.2. The molecule has 0 bridgehead atoms. The number of carbonyl (C=O) groups excluding carboxylic acids is 1. The summed E-state index contributed by atoms with van der Waals surface area (Å²) in [7, 11) is -3.67. The van der Waals surface area contributed by atoms with E-state index in [1.165, 1.54) is 22.0 Å². The van der Waals surface area contributed by atoms with Crippen LogP contribution < -0.4 is 4.74 Å². The van der Waals surface area contributed by atoms with Crippen LogP contribution in [0.2, 0.25) is 0 Å². The molecule has 0 N–H and O–H groups in total. The first-order valence-electron chi connectivity index (χ1n) is 12.1. The molecule has 0 aliphatic carbocycles. The Morgan fingerprint density at radius 1 is 1.00 bits per heavy atom. The van der Waals surface area contributed by atoms with E-state index in [4.69, 9.17) is 9.15 Å². The SMILES string of the molecule is CCOc1ccc(CCC2CCN(C(=O)c3ccc(S(=O)(=O)N4CCCCC4)o3)CC2)cc1. The van der Waals surface area contributed by atoms with Crippen molar-refractivity contribution in [2.75, 3.05) is 32.8 Å². The van der Waals surface area contributed by atoms with Gasteiger partial charge < -0.3 is 14.1 Å². The Morgan fingerprint density at radius 2 is 1.70 bits per heavy atom. The zero-order valence-electron chi connectivity index (χ0n) is 19.4. The van der Waals surface area contributed by atoms with E-state index in [-0.39, 0.29) is 16.8 Å². The number of amides is 1. The highest BCUT2D eigenvalue weighted by Crippen LogP contribution is 2.26. The van der Waals surface area contributed by atoms with Gasteiger partial charge in [0, 0.05) is 26.2 Å². The number of nitrogens with zero attached hydrogens (tertiary/aromatic N) is 2. The summed E-state index contributed by atoms with van der Waals surface area (Å²) in [5.41, 5.74) is 1.30. The van der Waals surface area contributed by atoms with Crippen LogP contribution in [-0.2, 0) is 16.4 Å². The standard InChI is InChI=1S/C25H34N2O5S/c1-2-31-22-10-8-20(9-11-22)6-7-21-14-18-26(19-15-21)25(28)23-12-13-24(32-23)33(29,30)27-16-4-3-5-17-27/h8-13,21H,2-7,14-19H2,1H3. The van der Waals surface area contributed by atoms with Crippen LogP contribution in [0.3, 0.4) is 0 Å². The quantitative estimate of drug-likeness (QED) is 0.569. The summed E-state index contributed by atoms with van der Waals surface area (Å²) < 4.78 is 38.1. The van der Waals surface area contributed by atoms with Crippen molar-refractivity contribution in [3.05, 3.63) is 47.7 Å². The van der Waals surface area contributed by atoms with Crippen LogP contribution in [0.5, 0.6) is 5.75 Å². The van der Waals surface area contributed by atoms with Crippen molar-refractivity contribution in [1.82, 2.24) is 9.21 Å². The van der Waals surface area contributed by atoms with Gasteiger partial charge in [-0.25, -0.2) is 8.42 Å². The molecule has 0 spiro atoms. The first kappa shape index (κ1) is 23.8. The van der Waals surface area contributed by atoms with Crippen molar-refractivity contribution in [2.45, 2.75) is 57.0 Å². The molecule has 4 rings (SSSR count). The van der Waals surface area contributed by atoms with Gasteiger partial charge in [-0.3, -0.25) is 4.79 Å². The molecular weight excluding hydrogens is 440 g/mol. The number of furan rings is 1. The minimum Gasteiger partial charge on any atom is -0.494 e. The van der Waals surface area contributed by atoms with Gasteiger partial charge >= 0.3 is 0 Å². The summed E-state index contributed by atoms with van der Waals surface area (Å²) in [6.45, 7) is 5.01. The van der Waals surface area contributed by atoms with Crippen molar-refractivity contribution in [1.29, 1.82) is 0 Å². The Bertz CT molecular complexity index is 1020. The second kappa shape index (κ2) is 10.7. The van der Waals surface area contributed by atoms with Crippen molar-refractivity contribution >= 4 is 15.9 Å². The van der Waals surface area contributed by atoms with Crippen LogP contribution >= 0.6 is 0 Å². The second-order valence-corrected chi connectivity index (χ2v) is 10.8. The molecule has 3 heterocycles. The summed E-state index contributed by atoms with van der Waals surface area (Å²) in [6.07, 6.45) is 6.77. The molecule has 2 saturated heterocycles.